The zero-order valence-corrected chi connectivity index (χ0v) is 9.52. The molecule has 0 bridgehead atoms. The molecule has 0 heterocycles. The molecule has 0 radical (unpaired) electrons. The summed E-state index contributed by atoms with van der Waals surface area (Å²) in [6.07, 6.45) is 2.13. The maximum absolute atomic E-state index is 5.34. The third-order valence-corrected chi connectivity index (χ3v) is 2.12. The van der Waals surface area contributed by atoms with Crippen molar-refractivity contribution in [3.63, 3.8) is 0 Å². The molecule has 0 saturated carbocycles. The lowest BCUT2D eigenvalue weighted by molar-refractivity contribution is 0.0848. The van der Waals surface area contributed by atoms with E-state index in [1.165, 1.54) is 5.57 Å². The van der Waals surface area contributed by atoms with E-state index in [-0.39, 0.29) is 5.41 Å². The SMILES string of the molecule is COCCOCC=C(C)C(C)(C)C. The molecule has 0 fully saturated rings. The Balaban J connectivity index is 3.60. The van der Waals surface area contributed by atoms with Crippen LogP contribution in [-0.2, 0) is 9.47 Å². The van der Waals surface area contributed by atoms with Gasteiger partial charge in [0.2, 0.25) is 0 Å². The van der Waals surface area contributed by atoms with Gasteiger partial charge in [0.25, 0.3) is 0 Å². The molecule has 0 aromatic heterocycles. The number of allylic oxidation sites excluding steroid dienone is 1. The molecule has 2 nitrogen and oxygen atoms in total. The van der Waals surface area contributed by atoms with E-state index in [1.807, 2.05) is 0 Å². The molecule has 2 heteroatoms. The Morgan fingerprint density at radius 3 is 2.31 bits per heavy atom. The fourth-order valence-corrected chi connectivity index (χ4v) is 0.716. The van der Waals surface area contributed by atoms with Gasteiger partial charge in [0.15, 0.2) is 0 Å². The van der Waals surface area contributed by atoms with Gasteiger partial charge in [-0.05, 0) is 12.3 Å². The number of methoxy groups -OCH3 is 1. The van der Waals surface area contributed by atoms with E-state index in [2.05, 4.69) is 33.8 Å². The molecule has 0 N–H and O–H groups in total. The van der Waals surface area contributed by atoms with Gasteiger partial charge in [-0.15, -0.1) is 0 Å². The molecule has 0 spiro atoms. The van der Waals surface area contributed by atoms with E-state index in [0.29, 0.717) is 19.8 Å². The number of ether oxygens (including phenoxy) is 2. The number of hydrogen-bond acceptors (Lipinski definition) is 2. The van der Waals surface area contributed by atoms with Crippen molar-refractivity contribution in [3.05, 3.63) is 11.6 Å². The Bertz CT molecular complexity index is 154. The number of hydrogen-bond donors (Lipinski definition) is 0. The van der Waals surface area contributed by atoms with Crippen LogP contribution in [0.2, 0.25) is 0 Å². The molecule has 0 aromatic carbocycles. The molecule has 0 unspecified atom stereocenters. The minimum Gasteiger partial charge on any atom is -0.382 e. The van der Waals surface area contributed by atoms with Crippen LogP contribution in [0.3, 0.4) is 0 Å². The summed E-state index contributed by atoms with van der Waals surface area (Å²) in [7, 11) is 1.68. The Hall–Kier alpha value is -0.340. The third-order valence-electron chi connectivity index (χ3n) is 2.12. The Labute approximate surface area is 81.9 Å². The molecular formula is C11H22O2. The molecule has 13 heavy (non-hydrogen) atoms. The summed E-state index contributed by atoms with van der Waals surface area (Å²) in [5.74, 6) is 0. The van der Waals surface area contributed by atoms with E-state index in [0.717, 1.165) is 0 Å². The van der Waals surface area contributed by atoms with Gasteiger partial charge in [-0.2, -0.15) is 0 Å². The monoisotopic (exact) mass is 186 g/mol. The second kappa shape index (κ2) is 6.17. The highest BCUT2D eigenvalue weighted by molar-refractivity contribution is 5.07. The van der Waals surface area contributed by atoms with Crippen LogP contribution >= 0.6 is 0 Å². The molecule has 0 rings (SSSR count). The zero-order valence-electron chi connectivity index (χ0n) is 9.52. The maximum atomic E-state index is 5.34. The van der Waals surface area contributed by atoms with Gasteiger partial charge >= 0.3 is 0 Å². The molecule has 78 valence electrons. The van der Waals surface area contributed by atoms with Gasteiger partial charge in [0.1, 0.15) is 0 Å². The van der Waals surface area contributed by atoms with Crippen molar-refractivity contribution in [2.45, 2.75) is 27.7 Å². The number of rotatable bonds is 5. The lowest BCUT2D eigenvalue weighted by atomic mass is 9.87. The van der Waals surface area contributed by atoms with E-state index in [4.69, 9.17) is 9.47 Å². The first-order chi connectivity index (χ1) is 5.98. The van der Waals surface area contributed by atoms with E-state index >= 15 is 0 Å². The van der Waals surface area contributed by atoms with Crippen molar-refractivity contribution in [2.24, 2.45) is 5.41 Å². The van der Waals surface area contributed by atoms with Crippen molar-refractivity contribution >= 4 is 0 Å². The van der Waals surface area contributed by atoms with E-state index < -0.39 is 0 Å². The lowest BCUT2D eigenvalue weighted by Crippen LogP contribution is -2.08. The predicted octanol–water partition coefficient (Wildman–Crippen LogP) is 2.64. The van der Waals surface area contributed by atoms with Crippen molar-refractivity contribution < 1.29 is 9.47 Å². The van der Waals surface area contributed by atoms with Gasteiger partial charge in [-0.25, -0.2) is 0 Å². The highest BCUT2D eigenvalue weighted by Crippen LogP contribution is 2.23. The normalized spacial score (nSPS) is 13.5. The fraction of sp³-hybridized carbons (Fsp3) is 0.818. The van der Waals surface area contributed by atoms with Crippen molar-refractivity contribution in [1.82, 2.24) is 0 Å². The van der Waals surface area contributed by atoms with Crippen LogP contribution in [0.5, 0.6) is 0 Å². The van der Waals surface area contributed by atoms with Gasteiger partial charge in [0, 0.05) is 7.11 Å². The minimum atomic E-state index is 0.255. The first kappa shape index (κ1) is 12.7. The smallest absolute Gasteiger partial charge is 0.0704 e. The molecule has 0 aliphatic heterocycles. The summed E-state index contributed by atoms with van der Waals surface area (Å²) in [5.41, 5.74) is 1.62. The van der Waals surface area contributed by atoms with Crippen LogP contribution in [0.15, 0.2) is 11.6 Å². The maximum Gasteiger partial charge on any atom is 0.0704 e. The summed E-state index contributed by atoms with van der Waals surface area (Å²) < 4.78 is 10.2. The summed E-state index contributed by atoms with van der Waals surface area (Å²) in [6.45, 7) is 10.8. The second-order valence-corrected chi connectivity index (χ2v) is 4.20. The fourth-order valence-electron chi connectivity index (χ4n) is 0.716. The van der Waals surface area contributed by atoms with E-state index in [9.17, 15) is 0 Å². The quantitative estimate of drug-likeness (QED) is 0.485. The van der Waals surface area contributed by atoms with Gasteiger partial charge in [0.05, 0.1) is 19.8 Å². The molecule has 0 aliphatic rings. The summed E-state index contributed by atoms with van der Waals surface area (Å²) in [4.78, 5) is 0. The van der Waals surface area contributed by atoms with Crippen molar-refractivity contribution in [2.75, 3.05) is 26.9 Å². The molecular weight excluding hydrogens is 164 g/mol. The van der Waals surface area contributed by atoms with Crippen LogP contribution in [0.4, 0.5) is 0 Å². The van der Waals surface area contributed by atoms with E-state index in [1.54, 1.807) is 7.11 Å². The van der Waals surface area contributed by atoms with Crippen LogP contribution in [0.25, 0.3) is 0 Å². The molecule has 0 aliphatic carbocycles. The summed E-state index contributed by atoms with van der Waals surface area (Å²) >= 11 is 0. The first-order valence-electron chi connectivity index (χ1n) is 4.72. The van der Waals surface area contributed by atoms with Crippen LogP contribution in [-0.4, -0.2) is 26.9 Å². The first-order valence-corrected chi connectivity index (χ1v) is 4.72. The van der Waals surface area contributed by atoms with Gasteiger partial charge in [-0.1, -0.05) is 32.4 Å². The standard InChI is InChI=1S/C11H22O2/c1-10(11(2,3)4)6-7-13-9-8-12-5/h6H,7-9H2,1-5H3. The Morgan fingerprint density at radius 2 is 1.85 bits per heavy atom. The van der Waals surface area contributed by atoms with Gasteiger partial charge in [-0.3, -0.25) is 0 Å². The van der Waals surface area contributed by atoms with Crippen LogP contribution in [0, 0.1) is 5.41 Å². The lowest BCUT2D eigenvalue weighted by Gasteiger charge is -2.19. The highest BCUT2D eigenvalue weighted by Gasteiger charge is 2.11. The molecule has 0 atom stereocenters. The van der Waals surface area contributed by atoms with Crippen molar-refractivity contribution in [3.8, 4) is 0 Å². The average Bonchev–Trinajstić information content (AvgIpc) is 2.02. The molecule has 0 amide bonds. The minimum absolute atomic E-state index is 0.255. The Morgan fingerprint density at radius 1 is 1.23 bits per heavy atom. The molecule has 0 aromatic rings. The highest BCUT2D eigenvalue weighted by atomic mass is 16.5. The summed E-state index contributed by atoms with van der Waals surface area (Å²) in [5, 5.41) is 0. The molecule has 0 saturated heterocycles. The largest absolute Gasteiger partial charge is 0.382 e. The van der Waals surface area contributed by atoms with Crippen LogP contribution in [0.1, 0.15) is 27.7 Å². The summed E-state index contributed by atoms with van der Waals surface area (Å²) in [6, 6.07) is 0. The average molecular weight is 186 g/mol. The third kappa shape index (κ3) is 6.79. The topological polar surface area (TPSA) is 18.5 Å². The zero-order chi connectivity index (χ0) is 10.3. The van der Waals surface area contributed by atoms with Crippen LogP contribution < -0.4 is 0 Å². The van der Waals surface area contributed by atoms with Crippen molar-refractivity contribution in [1.29, 1.82) is 0 Å². The Kier molecular flexibility index (Phi) is 6.00. The van der Waals surface area contributed by atoms with Gasteiger partial charge < -0.3 is 9.47 Å². The second-order valence-electron chi connectivity index (χ2n) is 4.20. The predicted molar refractivity (Wildman–Crippen MR) is 55.9 cm³/mol.